The highest BCUT2D eigenvalue weighted by atomic mass is 15.1. The number of hydrogen-bond donors (Lipinski definition) is 2. The third-order valence-corrected chi connectivity index (χ3v) is 4.14. The minimum Gasteiger partial charge on any atom is -0.369 e. The van der Waals surface area contributed by atoms with Crippen LogP contribution >= 0.6 is 0 Å². The van der Waals surface area contributed by atoms with Crippen LogP contribution in [0.5, 0.6) is 0 Å². The Morgan fingerprint density at radius 2 is 2.20 bits per heavy atom. The lowest BCUT2D eigenvalue weighted by Gasteiger charge is -2.11. The summed E-state index contributed by atoms with van der Waals surface area (Å²) < 4.78 is 0. The standard InChI is InChI=1S/C15H19N5/c1-2-12-13(3-1)18-14(10-4-5-10)19-15(12)16-8-6-11-7-9-17-20-11/h7,9-10H,1-6,8H2,(H,17,20)(H,16,18,19). The van der Waals surface area contributed by atoms with Crippen LogP contribution in [0.1, 0.15) is 48.0 Å². The fraction of sp³-hybridized carbons (Fsp3) is 0.533. The number of aryl methyl sites for hydroxylation is 1. The summed E-state index contributed by atoms with van der Waals surface area (Å²) in [5.74, 6) is 2.76. The van der Waals surface area contributed by atoms with Gasteiger partial charge in [0.15, 0.2) is 0 Å². The molecule has 0 bridgehead atoms. The van der Waals surface area contributed by atoms with E-state index in [1.54, 1.807) is 6.20 Å². The highest BCUT2D eigenvalue weighted by Crippen LogP contribution is 2.40. The summed E-state index contributed by atoms with van der Waals surface area (Å²) in [6.07, 6.45) is 8.70. The Morgan fingerprint density at radius 1 is 1.25 bits per heavy atom. The molecule has 0 amide bonds. The highest BCUT2D eigenvalue weighted by Gasteiger charge is 2.29. The van der Waals surface area contributed by atoms with E-state index in [1.807, 2.05) is 6.07 Å². The molecule has 0 unspecified atom stereocenters. The maximum atomic E-state index is 4.78. The predicted molar refractivity (Wildman–Crippen MR) is 76.8 cm³/mol. The molecule has 0 spiro atoms. The summed E-state index contributed by atoms with van der Waals surface area (Å²) in [7, 11) is 0. The summed E-state index contributed by atoms with van der Waals surface area (Å²) in [4.78, 5) is 9.54. The number of nitrogens with one attached hydrogen (secondary N) is 2. The van der Waals surface area contributed by atoms with Crippen molar-refractivity contribution in [3.8, 4) is 0 Å². The van der Waals surface area contributed by atoms with Crippen LogP contribution in [-0.4, -0.2) is 26.7 Å². The van der Waals surface area contributed by atoms with Crippen LogP contribution in [0.4, 0.5) is 5.82 Å². The lowest BCUT2D eigenvalue weighted by molar-refractivity contribution is 0.867. The van der Waals surface area contributed by atoms with Crippen molar-refractivity contribution in [1.29, 1.82) is 0 Å². The van der Waals surface area contributed by atoms with Crippen LogP contribution in [0, 0.1) is 0 Å². The molecule has 2 heterocycles. The Bertz CT molecular complexity index is 601. The molecule has 0 aliphatic heterocycles. The largest absolute Gasteiger partial charge is 0.369 e. The smallest absolute Gasteiger partial charge is 0.134 e. The zero-order valence-electron chi connectivity index (χ0n) is 11.5. The van der Waals surface area contributed by atoms with Gasteiger partial charge in [-0.2, -0.15) is 5.10 Å². The van der Waals surface area contributed by atoms with Crippen molar-refractivity contribution in [3.05, 3.63) is 35.0 Å². The van der Waals surface area contributed by atoms with Gasteiger partial charge in [-0.05, 0) is 38.2 Å². The molecule has 1 fully saturated rings. The summed E-state index contributed by atoms with van der Waals surface area (Å²) in [6.45, 7) is 0.885. The van der Waals surface area contributed by atoms with Gasteiger partial charge in [-0.15, -0.1) is 0 Å². The van der Waals surface area contributed by atoms with E-state index in [9.17, 15) is 0 Å². The number of rotatable bonds is 5. The van der Waals surface area contributed by atoms with Crippen molar-refractivity contribution in [1.82, 2.24) is 20.2 Å². The maximum Gasteiger partial charge on any atom is 0.134 e. The van der Waals surface area contributed by atoms with Crippen LogP contribution in [0.25, 0.3) is 0 Å². The minimum absolute atomic E-state index is 0.619. The Labute approximate surface area is 118 Å². The molecule has 20 heavy (non-hydrogen) atoms. The molecule has 2 N–H and O–H groups in total. The van der Waals surface area contributed by atoms with Crippen LogP contribution in [-0.2, 0) is 19.3 Å². The highest BCUT2D eigenvalue weighted by molar-refractivity contribution is 5.49. The predicted octanol–water partition coefficient (Wildman–Crippen LogP) is 2.22. The van der Waals surface area contributed by atoms with Crippen LogP contribution in [0.15, 0.2) is 12.3 Å². The number of aromatic amines is 1. The Hall–Kier alpha value is -1.91. The van der Waals surface area contributed by atoms with E-state index in [-0.39, 0.29) is 0 Å². The van der Waals surface area contributed by atoms with Gasteiger partial charge in [0, 0.05) is 42.0 Å². The van der Waals surface area contributed by atoms with Gasteiger partial charge in [0.05, 0.1) is 0 Å². The van der Waals surface area contributed by atoms with Gasteiger partial charge >= 0.3 is 0 Å². The summed E-state index contributed by atoms with van der Waals surface area (Å²) in [6, 6.07) is 2.02. The SMILES string of the molecule is c1cc(CCNc2nc(C3CC3)nc3c2CCC3)[nH]n1. The molecular weight excluding hydrogens is 250 g/mol. The van der Waals surface area contributed by atoms with E-state index >= 15 is 0 Å². The van der Waals surface area contributed by atoms with Gasteiger partial charge in [0.2, 0.25) is 0 Å². The van der Waals surface area contributed by atoms with Crippen LogP contribution in [0.3, 0.4) is 0 Å². The lowest BCUT2D eigenvalue weighted by atomic mass is 10.2. The van der Waals surface area contributed by atoms with Gasteiger partial charge < -0.3 is 5.32 Å². The second kappa shape index (κ2) is 4.89. The third-order valence-electron chi connectivity index (χ3n) is 4.14. The molecule has 0 aromatic carbocycles. The first-order chi connectivity index (χ1) is 9.90. The molecule has 104 valence electrons. The van der Waals surface area contributed by atoms with E-state index in [0.29, 0.717) is 5.92 Å². The molecular formula is C15H19N5. The summed E-state index contributed by atoms with van der Waals surface area (Å²) in [5, 5.41) is 10.5. The first kappa shape index (κ1) is 11.9. The lowest BCUT2D eigenvalue weighted by Crippen LogP contribution is -2.11. The van der Waals surface area contributed by atoms with Crippen molar-refractivity contribution in [2.75, 3.05) is 11.9 Å². The van der Waals surface area contributed by atoms with Crippen molar-refractivity contribution in [2.45, 2.75) is 44.4 Å². The molecule has 2 aliphatic carbocycles. The van der Waals surface area contributed by atoms with Crippen molar-refractivity contribution < 1.29 is 0 Å². The monoisotopic (exact) mass is 269 g/mol. The number of anilines is 1. The third kappa shape index (κ3) is 2.28. The number of aromatic nitrogens is 4. The fourth-order valence-corrected chi connectivity index (χ4v) is 2.86. The van der Waals surface area contributed by atoms with E-state index in [2.05, 4.69) is 15.5 Å². The van der Waals surface area contributed by atoms with Gasteiger partial charge in [0.25, 0.3) is 0 Å². The number of H-pyrrole nitrogens is 1. The summed E-state index contributed by atoms with van der Waals surface area (Å²) >= 11 is 0. The number of hydrogen-bond acceptors (Lipinski definition) is 4. The Balaban J connectivity index is 1.51. The quantitative estimate of drug-likeness (QED) is 0.873. The average Bonchev–Trinajstić information content (AvgIpc) is 2.99. The van der Waals surface area contributed by atoms with E-state index in [1.165, 1.54) is 30.5 Å². The number of nitrogens with zero attached hydrogens (tertiary/aromatic N) is 3. The first-order valence-electron chi connectivity index (χ1n) is 7.52. The molecule has 0 saturated heterocycles. The van der Waals surface area contributed by atoms with E-state index in [4.69, 9.17) is 9.97 Å². The molecule has 1 saturated carbocycles. The maximum absolute atomic E-state index is 4.78. The van der Waals surface area contributed by atoms with Gasteiger partial charge in [-0.3, -0.25) is 5.10 Å². The molecule has 0 radical (unpaired) electrons. The molecule has 5 heteroatoms. The topological polar surface area (TPSA) is 66.5 Å². The normalized spacial score (nSPS) is 17.2. The molecule has 2 aromatic heterocycles. The van der Waals surface area contributed by atoms with Crippen LogP contribution < -0.4 is 5.32 Å². The molecule has 5 nitrogen and oxygen atoms in total. The Kier molecular flexibility index (Phi) is 2.90. The molecule has 2 aliphatic rings. The van der Waals surface area contributed by atoms with Gasteiger partial charge in [-0.25, -0.2) is 9.97 Å². The van der Waals surface area contributed by atoms with Crippen molar-refractivity contribution in [2.24, 2.45) is 0 Å². The number of fused-ring (bicyclic) bond motifs is 1. The fourth-order valence-electron chi connectivity index (χ4n) is 2.86. The molecule has 4 rings (SSSR count). The van der Waals surface area contributed by atoms with E-state index < -0.39 is 0 Å². The zero-order valence-corrected chi connectivity index (χ0v) is 11.5. The second-order valence-electron chi connectivity index (χ2n) is 5.74. The second-order valence-corrected chi connectivity index (χ2v) is 5.74. The van der Waals surface area contributed by atoms with E-state index in [0.717, 1.165) is 43.1 Å². The summed E-state index contributed by atoms with van der Waals surface area (Å²) in [5.41, 5.74) is 3.79. The van der Waals surface area contributed by atoms with Crippen LogP contribution in [0.2, 0.25) is 0 Å². The van der Waals surface area contributed by atoms with Gasteiger partial charge in [0.1, 0.15) is 11.6 Å². The first-order valence-corrected chi connectivity index (χ1v) is 7.52. The minimum atomic E-state index is 0.619. The Morgan fingerprint density at radius 3 is 3.00 bits per heavy atom. The van der Waals surface area contributed by atoms with Crippen molar-refractivity contribution >= 4 is 5.82 Å². The average molecular weight is 269 g/mol. The van der Waals surface area contributed by atoms with Gasteiger partial charge in [-0.1, -0.05) is 0 Å². The molecule has 0 atom stereocenters. The molecule has 2 aromatic rings. The zero-order chi connectivity index (χ0) is 13.4. The van der Waals surface area contributed by atoms with Crippen molar-refractivity contribution in [3.63, 3.8) is 0 Å².